The summed E-state index contributed by atoms with van der Waals surface area (Å²) in [7, 11) is 0. The molecule has 0 aliphatic rings. The third-order valence-electron chi connectivity index (χ3n) is 0.711. The predicted molar refractivity (Wildman–Crippen MR) is 48.3 cm³/mol. The zero-order valence-electron chi connectivity index (χ0n) is 5.94. The number of thioether (sulfide) groups is 1. The first kappa shape index (κ1) is 11.2. The van der Waals surface area contributed by atoms with Gasteiger partial charge in [-0.3, -0.25) is 9.59 Å². The van der Waals surface area contributed by atoms with Crippen LogP contribution in [0.25, 0.3) is 0 Å². The molecule has 0 spiro atoms. The fraction of sp³-hybridized carbons (Fsp3) is 0.400. The fourth-order valence-electron chi connectivity index (χ4n) is 0.326. The largest absolute Gasteiger partial charge is 0.481 e. The van der Waals surface area contributed by atoms with Crippen LogP contribution in [0.2, 0.25) is 0 Å². The van der Waals surface area contributed by atoms with Gasteiger partial charge in [0.1, 0.15) is 10.9 Å². The standard InChI is InChI=1S/C5H7NO4S2/c7-3(8)1-6-5(11)12-2-4(9)10/h1-2H2,(H,6,11)(H,7,8)(H,9,10). The van der Waals surface area contributed by atoms with Gasteiger partial charge in [0.05, 0.1) is 5.75 Å². The Morgan fingerprint density at radius 2 is 1.92 bits per heavy atom. The first-order valence-electron chi connectivity index (χ1n) is 2.86. The summed E-state index contributed by atoms with van der Waals surface area (Å²) in [5, 5.41) is 18.8. The summed E-state index contributed by atoms with van der Waals surface area (Å²) < 4.78 is 0.180. The molecule has 0 aliphatic heterocycles. The maximum absolute atomic E-state index is 10.0. The lowest BCUT2D eigenvalue weighted by Gasteiger charge is -2.01. The summed E-state index contributed by atoms with van der Waals surface area (Å²) in [5.41, 5.74) is 0. The van der Waals surface area contributed by atoms with Crippen LogP contribution in [-0.2, 0) is 9.59 Å². The minimum atomic E-state index is -1.03. The molecule has 0 amide bonds. The van der Waals surface area contributed by atoms with Gasteiger partial charge >= 0.3 is 11.9 Å². The number of nitrogens with one attached hydrogen (secondary N) is 1. The minimum absolute atomic E-state index is 0.161. The van der Waals surface area contributed by atoms with Crippen LogP contribution in [0.5, 0.6) is 0 Å². The normalized spacial score (nSPS) is 9.00. The van der Waals surface area contributed by atoms with Gasteiger partial charge in [-0.2, -0.15) is 0 Å². The van der Waals surface area contributed by atoms with Crippen molar-refractivity contribution in [2.24, 2.45) is 0 Å². The Hall–Kier alpha value is -0.820. The number of carboxylic acid groups (broad SMARTS) is 2. The van der Waals surface area contributed by atoms with E-state index in [1.165, 1.54) is 0 Å². The topological polar surface area (TPSA) is 86.6 Å². The number of aliphatic carboxylic acids is 2. The van der Waals surface area contributed by atoms with E-state index in [0.717, 1.165) is 11.8 Å². The second kappa shape index (κ2) is 5.78. The molecule has 0 atom stereocenters. The van der Waals surface area contributed by atoms with Gasteiger partial charge in [0.2, 0.25) is 0 Å². The van der Waals surface area contributed by atoms with E-state index in [2.05, 4.69) is 17.5 Å². The van der Waals surface area contributed by atoms with Crippen LogP contribution >= 0.6 is 24.0 Å². The molecule has 0 aromatic rings. The summed E-state index contributed by atoms with van der Waals surface area (Å²) >= 11 is 5.50. The van der Waals surface area contributed by atoms with E-state index in [9.17, 15) is 9.59 Å². The summed E-state index contributed by atoms with van der Waals surface area (Å²) in [6, 6.07) is 0. The van der Waals surface area contributed by atoms with Crippen molar-refractivity contribution in [3.8, 4) is 0 Å². The number of carbonyl (C=O) groups is 2. The van der Waals surface area contributed by atoms with Gasteiger partial charge in [0.15, 0.2) is 0 Å². The quantitative estimate of drug-likeness (QED) is 0.551. The molecule has 0 unspecified atom stereocenters. The van der Waals surface area contributed by atoms with Crippen LogP contribution in [0.1, 0.15) is 0 Å². The number of hydrogen-bond donors (Lipinski definition) is 3. The molecule has 5 nitrogen and oxygen atoms in total. The van der Waals surface area contributed by atoms with E-state index in [-0.39, 0.29) is 16.6 Å². The van der Waals surface area contributed by atoms with E-state index in [0.29, 0.717) is 0 Å². The molecule has 0 saturated heterocycles. The lowest BCUT2D eigenvalue weighted by Crippen LogP contribution is -2.26. The third-order valence-corrected chi connectivity index (χ3v) is 2.01. The highest BCUT2D eigenvalue weighted by molar-refractivity contribution is 8.23. The number of thiocarbonyl (C=S) groups is 1. The summed E-state index contributed by atoms with van der Waals surface area (Å²) in [4.78, 5) is 20.0. The minimum Gasteiger partial charge on any atom is -0.481 e. The fourth-order valence-corrected chi connectivity index (χ4v) is 1.00. The van der Waals surface area contributed by atoms with Crippen LogP contribution in [0.3, 0.4) is 0 Å². The molecule has 0 aromatic carbocycles. The van der Waals surface area contributed by atoms with Gasteiger partial charge in [-0.15, -0.1) is 0 Å². The maximum atomic E-state index is 10.0. The Balaban J connectivity index is 3.47. The zero-order valence-corrected chi connectivity index (χ0v) is 7.57. The summed E-state index contributed by atoms with van der Waals surface area (Å²) in [6.07, 6.45) is 0. The Morgan fingerprint density at radius 3 is 2.33 bits per heavy atom. The zero-order chi connectivity index (χ0) is 9.56. The van der Waals surface area contributed by atoms with Gasteiger partial charge < -0.3 is 15.5 Å². The molecule has 0 aliphatic carbocycles. The second-order valence-electron chi connectivity index (χ2n) is 1.72. The first-order valence-corrected chi connectivity index (χ1v) is 4.26. The van der Waals surface area contributed by atoms with Gasteiger partial charge in [0, 0.05) is 0 Å². The first-order chi connectivity index (χ1) is 5.52. The van der Waals surface area contributed by atoms with Gasteiger partial charge in [-0.05, 0) is 0 Å². The Bertz CT molecular complexity index is 186. The number of rotatable bonds is 4. The van der Waals surface area contributed by atoms with Crippen LogP contribution in [0, 0.1) is 0 Å². The van der Waals surface area contributed by atoms with Gasteiger partial charge in [-0.1, -0.05) is 24.0 Å². The Morgan fingerprint density at radius 1 is 1.33 bits per heavy atom. The molecule has 0 fully saturated rings. The Kier molecular flexibility index (Phi) is 5.39. The molecule has 7 heteroatoms. The van der Waals surface area contributed by atoms with Crippen LogP contribution in [-0.4, -0.2) is 38.8 Å². The molecule has 0 radical (unpaired) electrons. The molecule has 12 heavy (non-hydrogen) atoms. The van der Waals surface area contributed by atoms with Crippen molar-refractivity contribution in [2.45, 2.75) is 0 Å². The molecular formula is C5H7NO4S2. The lowest BCUT2D eigenvalue weighted by atomic mass is 10.7. The van der Waals surface area contributed by atoms with Crippen molar-refractivity contribution >= 4 is 40.2 Å². The predicted octanol–water partition coefficient (Wildman–Crippen LogP) is -0.237. The average molecular weight is 209 g/mol. The molecule has 0 heterocycles. The molecular weight excluding hydrogens is 202 g/mol. The highest BCUT2D eigenvalue weighted by atomic mass is 32.2. The lowest BCUT2D eigenvalue weighted by molar-refractivity contribution is -0.136. The highest BCUT2D eigenvalue weighted by Crippen LogP contribution is 2.00. The van der Waals surface area contributed by atoms with Crippen molar-refractivity contribution in [1.29, 1.82) is 0 Å². The van der Waals surface area contributed by atoms with E-state index >= 15 is 0 Å². The third kappa shape index (κ3) is 7.29. The van der Waals surface area contributed by atoms with Gasteiger partial charge in [0.25, 0.3) is 0 Å². The van der Waals surface area contributed by atoms with E-state index in [1.54, 1.807) is 0 Å². The highest BCUT2D eigenvalue weighted by Gasteiger charge is 2.03. The van der Waals surface area contributed by atoms with Crippen LogP contribution in [0.4, 0.5) is 0 Å². The van der Waals surface area contributed by atoms with Crippen LogP contribution < -0.4 is 5.32 Å². The number of carboxylic acids is 2. The van der Waals surface area contributed by atoms with E-state index in [1.807, 2.05) is 0 Å². The molecule has 0 bridgehead atoms. The van der Waals surface area contributed by atoms with E-state index < -0.39 is 11.9 Å². The molecule has 3 N–H and O–H groups in total. The SMILES string of the molecule is O=C(O)CNC(=S)SCC(=O)O. The van der Waals surface area contributed by atoms with Crippen LogP contribution in [0.15, 0.2) is 0 Å². The molecule has 0 saturated carbocycles. The molecule has 0 aromatic heterocycles. The van der Waals surface area contributed by atoms with Crippen molar-refractivity contribution < 1.29 is 19.8 Å². The summed E-state index contributed by atoms with van der Waals surface area (Å²) in [6.45, 7) is -0.286. The van der Waals surface area contributed by atoms with E-state index in [4.69, 9.17) is 10.2 Å². The maximum Gasteiger partial charge on any atom is 0.322 e. The second-order valence-corrected chi connectivity index (χ2v) is 3.37. The monoisotopic (exact) mass is 209 g/mol. The van der Waals surface area contributed by atoms with Crippen molar-refractivity contribution in [3.05, 3.63) is 0 Å². The summed E-state index contributed by atoms with van der Waals surface area (Å²) in [5.74, 6) is -2.18. The molecule has 0 rings (SSSR count). The number of hydrogen-bond acceptors (Lipinski definition) is 4. The average Bonchev–Trinajstić information content (AvgIpc) is 1.96. The smallest absolute Gasteiger partial charge is 0.322 e. The van der Waals surface area contributed by atoms with Crippen molar-refractivity contribution in [3.63, 3.8) is 0 Å². The van der Waals surface area contributed by atoms with Crippen molar-refractivity contribution in [1.82, 2.24) is 5.32 Å². The molecule has 68 valence electrons. The Labute approximate surface area is 78.1 Å². The van der Waals surface area contributed by atoms with Gasteiger partial charge in [-0.25, -0.2) is 0 Å². The van der Waals surface area contributed by atoms with Crippen molar-refractivity contribution in [2.75, 3.05) is 12.3 Å².